The lowest BCUT2D eigenvalue weighted by atomic mass is 10.4. The molecule has 0 aromatic carbocycles. The zero-order chi connectivity index (χ0) is 12.3. The minimum Gasteiger partial charge on any atom is -0.206 e. The van der Waals surface area contributed by atoms with E-state index in [0.29, 0.717) is 5.69 Å². The highest BCUT2D eigenvalue weighted by Crippen LogP contribution is 2.25. The molecule has 0 bridgehead atoms. The van der Waals surface area contributed by atoms with Gasteiger partial charge in [0.25, 0.3) is 0 Å². The smallest absolute Gasteiger partial charge is 0.206 e. The van der Waals surface area contributed by atoms with E-state index in [0.717, 1.165) is 15.1 Å². The van der Waals surface area contributed by atoms with Crippen molar-refractivity contribution in [2.24, 2.45) is 0 Å². The maximum absolute atomic E-state index is 11.8. The molecule has 0 amide bonds. The molecule has 0 aliphatic carbocycles. The van der Waals surface area contributed by atoms with Crippen LogP contribution in [0.1, 0.15) is 5.69 Å². The lowest BCUT2D eigenvalue weighted by Gasteiger charge is -2.03. The van der Waals surface area contributed by atoms with Crippen LogP contribution in [0.5, 0.6) is 0 Å². The predicted octanol–water partition coefficient (Wildman–Crippen LogP) is 1.78. The van der Waals surface area contributed by atoms with E-state index < -0.39 is 10.0 Å². The fraction of sp³-hybridized carbons (Fsp3) is 0.111. The summed E-state index contributed by atoms with van der Waals surface area (Å²) in [7, 11) is -3.47. The van der Waals surface area contributed by atoms with Crippen molar-refractivity contribution in [1.82, 2.24) is 14.9 Å². The third-order valence-electron chi connectivity index (χ3n) is 1.88. The van der Waals surface area contributed by atoms with Crippen molar-refractivity contribution in [2.45, 2.75) is 10.8 Å². The molecule has 0 spiro atoms. The van der Waals surface area contributed by atoms with Crippen molar-refractivity contribution in [3.8, 4) is 0 Å². The predicted molar refractivity (Wildman–Crippen MR) is 68.1 cm³/mol. The van der Waals surface area contributed by atoms with E-state index in [1.807, 2.05) is 0 Å². The van der Waals surface area contributed by atoms with Gasteiger partial charge in [0.05, 0.1) is 16.0 Å². The van der Waals surface area contributed by atoms with Crippen LogP contribution in [-0.4, -0.2) is 18.6 Å². The van der Waals surface area contributed by atoms with Gasteiger partial charge in [-0.05, 0) is 40.2 Å². The van der Waals surface area contributed by atoms with Crippen LogP contribution in [0.2, 0.25) is 0 Å². The summed E-state index contributed by atoms with van der Waals surface area (Å²) in [6.07, 6.45) is 1.54. The molecule has 2 rings (SSSR count). The first-order valence-electron chi connectivity index (χ1n) is 4.59. The number of halogens is 1. The minimum atomic E-state index is -3.47. The third-order valence-corrected chi connectivity index (χ3v) is 5.40. The Morgan fingerprint density at radius 2 is 2.18 bits per heavy atom. The van der Waals surface area contributed by atoms with Gasteiger partial charge >= 0.3 is 0 Å². The van der Waals surface area contributed by atoms with E-state index in [1.165, 1.54) is 6.20 Å². The van der Waals surface area contributed by atoms with Gasteiger partial charge in [-0.1, -0.05) is 0 Å². The zero-order valence-electron chi connectivity index (χ0n) is 8.50. The van der Waals surface area contributed by atoms with Gasteiger partial charge in [-0.25, -0.2) is 13.1 Å². The summed E-state index contributed by atoms with van der Waals surface area (Å²) in [5.74, 6) is 0. The van der Waals surface area contributed by atoms with Crippen LogP contribution >= 0.6 is 27.3 Å². The molecule has 8 heteroatoms. The van der Waals surface area contributed by atoms with E-state index >= 15 is 0 Å². The van der Waals surface area contributed by atoms with Gasteiger partial charge in [0.2, 0.25) is 10.0 Å². The quantitative estimate of drug-likeness (QED) is 0.925. The number of nitrogens with zero attached hydrogens (tertiary/aromatic N) is 2. The highest BCUT2D eigenvalue weighted by Gasteiger charge is 2.16. The third kappa shape index (κ3) is 3.32. The van der Waals surface area contributed by atoms with Gasteiger partial charge in [0, 0.05) is 6.20 Å². The van der Waals surface area contributed by atoms with Crippen molar-refractivity contribution in [3.63, 3.8) is 0 Å². The number of hydrogen-bond acceptors (Lipinski definition) is 5. The summed E-state index contributed by atoms with van der Waals surface area (Å²) < 4.78 is 27.2. The molecule has 2 aromatic heterocycles. The van der Waals surface area contributed by atoms with Crippen LogP contribution in [0.3, 0.4) is 0 Å². The molecule has 0 saturated heterocycles. The summed E-state index contributed by atoms with van der Waals surface area (Å²) >= 11 is 4.38. The van der Waals surface area contributed by atoms with Gasteiger partial charge < -0.3 is 0 Å². The van der Waals surface area contributed by atoms with E-state index in [9.17, 15) is 8.42 Å². The largest absolute Gasteiger partial charge is 0.250 e. The van der Waals surface area contributed by atoms with Crippen molar-refractivity contribution in [2.75, 3.05) is 0 Å². The lowest BCUT2D eigenvalue weighted by Crippen LogP contribution is -2.22. The highest BCUT2D eigenvalue weighted by molar-refractivity contribution is 9.11. The van der Waals surface area contributed by atoms with Crippen molar-refractivity contribution >= 4 is 37.3 Å². The first-order valence-corrected chi connectivity index (χ1v) is 7.69. The molecule has 0 fully saturated rings. The topological polar surface area (TPSA) is 72.0 Å². The Kier molecular flexibility index (Phi) is 3.87. The first-order chi connectivity index (χ1) is 8.08. The Labute approximate surface area is 111 Å². The van der Waals surface area contributed by atoms with Crippen LogP contribution in [0.15, 0.2) is 38.5 Å². The molecule has 0 saturated carbocycles. The number of rotatable bonds is 4. The number of nitrogens with one attached hydrogen (secondary N) is 1. The molecule has 1 N–H and O–H groups in total. The average Bonchev–Trinajstić information content (AvgIpc) is 2.76. The maximum atomic E-state index is 11.8. The number of thiophene rings is 1. The molecule has 0 aliphatic heterocycles. The molecule has 0 radical (unpaired) electrons. The maximum Gasteiger partial charge on any atom is 0.250 e. The van der Waals surface area contributed by atoms with Crippen LogP contribution in [-0.2, 0) is 16.6 Å². The molecule has 0 aliphatic rings. The SMILES string of the molecule is O=S(=O)(NCc1cccnn1)c1ccc(Br)s1. The second-order valence-corrected chi connectivity index (χ2v) is 7.55. The van der Waals surface area contributed by atoms with Crippen molar-refractivity contribution in [1.29, 1.82) is 0 Å². The first kappa shape index (κ1) is 12.6. The van der Waals surface area contributed by atoms with Gasteiger partial charge in [0.1, 0.15) is 4.21 Å². The summed E-state index contributed by atoms with van der Waals surface area (Å²) in [5.41, 5.74) is 0.576. The standard InChI is InChI=1S/C9H8BrN3O2S2/c10-8-3-4-9(16-8)17(14,15)12-6-7-2-1-5-11-13-7/h1-5,12H,6H2. The zero-order valence-corrected chi connectivity index (χ0v) is 11.7. The Balaban J connectivity index is 2.09. The monoisotopic (exact) mass is 333 g/mol. The normalized spacial score (nSPS) is 11.6. The van der Waals surface area contributed by atoms with Crippen LogP contribution < -0.4 is 4.72 Å². The van der Waals surface area contributed by atoms with Gasteiger partial charge in [-0.15, -0.1) is 11.3 Å². The summed E-state index contributed by atoms with van der Waals surface area (Å²) in [6, 6.07) is 6.66. The molecule has 90 valence electrons. The van der Waals surface area contributed by atoms with E-state index in [1.54, 1.807) is 24.3 Å². The van der Waals surface area contributed by atoms with Crippen LogP contribution in [0, 0.1) is 0 Å². The Bertz CT molecular complexity index is 598. The van der Waals surface area contributed by atoms with Crippen molar-refractivity contribution < 1.29 is 8.42 Å². The molecule has 5 nitrogen and oxygen atoms in total. The second-order valence-electron chi connectivity index (χ2n) is 3.10. The van der Waals surface area contributed by atoms with Crippen molar-refractivity contribution in [3.05, 3.63) is 39.9 Å². The van der Waals surface area contributed by atoms with Crippen LogP contribution in [0.4, 0.5) is 0 Å². The summed E-state index contributed by atoms with van der Waals surface area (Å²) in [4.78, 5) is 0. The van der Waals surface area contributed by atoms with Gasteiger partial charge in [-0.3, -0.25) is 0 Å². The molecule has 17 heavy (non-hydrogen) atoms. The highest BCUT2D eigenvalue weighted by atomic mass is 79.9. The lowest BCUT2D eigenvalue weighted by molar-refractivity contribution is 0.582. The molecular weight excluding hydrogens is 326 g/mol. The number of sulfonamides is 1. The Morgan fingerprint density at radius 3 is 2.76 bits per heavy atom. The number of hydrogen-bond donors (Lipinski definition) is 1. The minimum absolute atomic E-state index is 0.131. The van der Waals surface area contributed by atoms with E-state index in [2.05, 4.69) is 30.8 Å². The van der Waals surface area contributed by atoms with E-state index in [-0.39, 0.29) is 10.8 Å². The van der Waals surface area contributed by atoms with Gasteiger partial charge in [-0.2, -0.15) is 10.2 Å². The molecule has 2 aromatic rings. The number of aromatic nitrogens is 2. The van der Waals surface area contributed by atoms with E-state index in [4.69, 9.17) is 0 Å². The fourth-order valence-electron chi connectivity index (χ4n) is 1.11. The Hall–Kier alpha value is -0.830. The summed E-state index contributed by atoms with van der Waals surface area (Å²) in [6.45, 7) is 0.131. The second kappa shape index (κ2) is 5.21. The van der Waals surface area contributed by atoms with Crippen LogP contribution in [0.25, 0.3) is 0 Å². The molecule has 0 unspecified atom stereocenters. The van der Waals surface area contributed by atoms with Gasteiger partial charge in [0.15, 0.2) is 0 Å². The fourth-order valence-corrected chi connectivity index (χ4v) is 4.16. The molecule has 0 atom stereocenters. The average molecular weight is 334 g/mol. The summed E-state index contributed by atoms with van der Waals surface area (Å²) in [5, 5.41) is 7.47. The molecular formula is C9H8BrN3O2S2. The molecule has 2 heterocycles. The Morgan fingerprint density at radius 1 is 1.35 bits per heavy atom.